The smallest absolute Gasteiger partial charge is 0.251 e. The molecule has 5 nitrogen and oxygen atoms in total. The lowest BCUT2D eigenvalue weighted by Crippen LogP contribution is -2.26. The van der Waals surface area contributed by atoms with Crippen molar-refractivity contribution in [3.63, 3.8) is 0 Å². The van der Waals surface area contributed by atoms with Gasteiger partial charge in [-0.3, -0.25) is 14.4 Å². The van der Waals surface area contributed by atoms with E-state index in [2.05, 4.69) is 5.32 Å². The van der Waals surface area contributed by atoms with E-state index in [9.17, 15) is 14.4 Å². The molecule has 0 fully saturated rings. The molecule has 0 atom stereocenters. The molecule has 2 aromatic rings. The minimum absolute atomic E-state index is 0.0125. The van der Waals surface area contributed by atoms with Crippen molar-refractivity contribution in [1.82, 2.24) is 5.32 Å². The summed E-state index contributed by atoms with van der Waals surface area (Å²) >= 11 is 11.7. The highest BCUT2D eigenvalue weighted by Gasteiger charge is 2.24. The van der Waals surface area contributed by atoms with Gasteiger partial charge in [0, 0.05) is 36.8 Å². The number of carbonyl (C=O) groups excluding carboxylic acids is 3. The average Bonchev–Trinajstić information content (AvgIpc) is 2.90. The summed E-state index contributed by atoms with van der Waals surface area (Å²) in [7, 11) is 1.72. The number of hydrogen-bond donors (Lipinski definition) is 1. The first kappa shape index (κ1) is 18.4. The van der Waals surface area contributed by atoms with E-state index >= 15 is 0 Å². The molecule has 0 aliphatic carbocycles. The maximum absolute atomic E-state index is 12.3. The van der Waals surface area contributed by atoms with Gasteiger partial charge in [0.15, 0.2) is 5.78 Å². The number of ketones is 1. The van der Waals surface area contributed by atoms with E-state index in [1.807, 2.05) is 0 Å². The normalized spacial score (nSPS) is 12.9. The number of fused-ring (bicyclic) bond motifs is 1. The Bertz CT molecular complexity index is 912. The van der Waals surface area contributed by atoms with Gasteiger partial charge in [-0.2, -0.15) is 0 Å². The number of amides is 2. The molecule has 0 aromatic heterocycles. The topological polar surface area (TPSA) is 66.5 Å². The summed E-state index contributed by atoms with van der Waals surface area (Å²) in [5, 5.41) is 3.36. The Morgan fingerprint density at radius 3 is 2.54 bits per heavy atom. The number of hydrogen-bond acceptors (Lipinski definition) is 3. The molecular formula is C19H16Cl2N2O3. The van der Waals surface area contributed by atoms with E-state index in [-0.39, 0.29) is 30.6 Å². The zero-order valence-corrected chi connectivity index (χ0v) is 15.5. The minimum Gasteiger partial charge on any atom is -0.352 e. The van der Waals surface area contributed by atoms with Gasteiger partial charge in [-0.05, 0) is 42.0 Å². The fourth-order valence-electron chi connectivity index (χ4n) is 2.82. The Hall–Kier alpha value is -2.37. The van der Waals surface area contributed by atoms with Gasteiger partial charge in [-0.15, -0.1) is 0 Å². The number of anilines is 1. The van der Waals surface area contributed by atoms with Crippen LogP contribution in [0.3, 0.4) is 0 Å². The van der Waals surface area contributed by atoms with Crippen molar-refractivity contribution in [1.29, 1.82) is 0 Å². The van der Waals surface area contributed by atoms with Crippen molar-refractivity contribution in [3.05, 3.63) is 63.1 Å². The third-order valence-corrected chi connectivity index (χ3v) is 5.04. The van der Waals surface area contributed by atoms with E-state index in [1.165, 1.54) is 6.07 Å². The van der Waals surface area contributed by atoms with Gasteiger partial charge in [-0.25, -0.2) is 0 Å². The molecule has 1 aliphatic heterocycles. The van der Waals surface area contributed by atoms with Crippen LogP contribution in [-0.4, -0.2) is 31.2 Å². The molecule has 1 aliphatic rings. The van der Waals surface area contributed by atoms with Crippen LogP contribution in [0.5, 0.6) is 0 Å². The lowest BCUT2D eigenvalue weighted by Gasteiger charge is -2.10. The number of likely N-dealkylation sites (N-methyl/N-ethyl adjacent to an activating group) is 1. The number of rotatable bonds is 5. The van der Waals surface area contributed by atoms with Crippen molar-refractivity contribution in [2.75, 3.05) is 18.5 Å². The zero-order valence-electron chi connectivity index (χ0n) is 14.0. The molecule has 0 unspecified atom stereocenters. The highest BCUT2D eigenvalue weighted by atomic mass is 35.5. The molecule has 2 aromatic carbocycles. The predicted molar refractivity (Wildman–Crippen MR) is 101 cm³/mol. The van der Waals surface area contributed by atoms with E-state index in [0.29, 0.717) is 27.6 Å². The van der Waals surface area contributed by atoms with Crippen LogP contribution >= 0.6 is 23.2 Å². The quantitative estimate of drug-likeness (QED) is 0.794. The predicted octanol–water partition coefficient (Wildman–Crippen LogP) is 3.52. The summed E-state index contributed by atoms with van der Waals surface area (Å²) in [6.07, 6.45) is 0.469. The van der Waals surface area contributed by atoms with E-state index in [0.717, 1.165) is 11.3 Å². The number of nitrogens with one attached hydrogen (secondary N) is 1. The molecule has 3 rings (SSSR count). The van der Waals surface area contributed by atoms with Crippen LogP contribution in [0.4, 0.5) is 5.69 Å². The second kappa shape index (κ2) is 7.48. The molecule has 0 radical (unpaired) electrons. The van der Waals surface area contributed by atoms with Crippen molar-refractivity contribution in [2.45, 2.75) is 12.8 Å². The molecule has 0 saturated heterocycles. The Morgan fingerprint density at radius 2 is 1.81 bits per heavy atom. The van der Waals surface area contributed by atoms with Crippen LogP contribution in [0.2, 0.25) is 10.0 Å². The second-order valence-electron chi connectivity index (χ2n) is 6.03. The Balaban J connectivity index is 1.58. The van der Waals surface area contributed by atoms with E-state index < -0.39 is 0 Å². The standard InChI is InChI=1S/C19H16Cl2N2O3/c1-23-16-5-3-11(8-13(16)10-18(23)25)17(24)6-7-22-19(26)12-2-4-14(20)15(21)9-12/h2-5,8-9H,6-7,10H2,1H3,(H,22,26). The van der Waals surface area contributed by atoms with Gasteiger partial charge in [0.2, 0.25) is 5.91 Å². The lowest BCUT2D eigenvalue weighted by atomic mass is 10.0. The van der Waals surface area contributed by atoms with Crippen molar-refractivity contribution in [2.24, 2.45) is 0 Å². The van der Waals surface area contributed by atoms with Crippen molar-refractivity contribution < 1.29 is 14.4 Å². The summed E-state index contributed by atoms with van der Waals surface area (Å²) in [5.74, 6) is -0.403. The van der Waals surface area contributed by atoms with Crippen LogP contribution in [-0.2, 0) is 11.2 Å². The molecule has 1 heterocycles. The van der Waals surface area contributed by atoms with Crippen LogP contribution < -0.4 is 10.2 Å². The molecule has 26 heavy (non-hydrogen) atoms. The van der Waals surface area contributed by atoms with Crippen molar-refractivity contribution in [3.8, 4) is 0 Å². The van der Waals surface area contributed by atoms with Gasteiger partial charge in [0.25, 0.3) is 5.91 Å². The van der Waals surface area contributed by atoms with Gasteiger partial charge in [0.05, 0.1) is 16.5 Å². The average molecular weight is 391 g/mol. The van der Waals surface area contributed by atoms with Crippen LogP contribution in [0.15, 0.2) is 36.4 Å². The first-order chi connectivity index (χ1) is 12.4. The van der Waals surface area contributed by atoms with Gasteiger partial charge < -0.3 is 10.2 Å². The van der Waals surface area contributed by atoms with Gasteiger partial charge in [0.1, 0.15) is 0 Å². The Kier molecular flexibility index (Phi) is 5.30. The molecule has 7 heteroatoms. The summed E-state index contributed by atoms with van der Waals surface area (Å²) in [4.78, 5) is 37.7. The monoisotopic (exact) mass is 390 g/mol. The zero-order chi connectivity index (χ0) is 18.8. The summed E-state index contributed by atoms with van der Waals surface area (Å²) in [5.41, 5.74) is 2.60. The molecule has 2 amide bonds. The first-order valence-electron chi connectivity index (χ1n) is 8.03. The van der Waals surface area contributed by atoms with Gasteiger partial charge in [-0.1, -0.05) is 23.2 Å². The maximum atomic E-state index is 12.3. The third kappa shape index (κ3) is 3.74. The fourth-order valence-corrected chi connectivity index (χ4v) is 3.12. The first-order valence-corrected chi connectivity index (χ1v) is 8.78. The molecule has 134 valence electrons. The van der Waals surface area contributed by atoms with Crippen LogP contribution in [0.1, 0.15) is 32.7 Å². The Labute approximate surface area is 160 Å². The Morgan fingerprint density at radius 1 is 1.08 bits per heavy atom. The molecular weight excluding hydrogens is 375 g/mol. The highest BCUT2D eigenvalue weighted by molar-refractivity contribution is 6.42. The molecule has 1 N–H and O–H groups in total. The molecule has 0 spiro atoms. The summed E-state index contributed by atoms with van der Waals surface area (Å²) < 4.78 is 0. The lowest BCUT2D eigenvalue weighted by molar-refractivity contribution is -0.117. The van der Waals surface area contributed by atoms with Crippen molar-refractivity contribution >= 4 is 46.5 Å². The number of halogens is 2. The van der Waals surface area contributed by atoms with E-state index in [4.69, 9.17) is 23.2 Å². The minimum atomic E-state index is -0.322. The van der Waals surface area contributed by atoms with E-state index in [1.54, 1.807) is 42.3 Å². The number of nitrogens with zero attached hydrogens (tertiary/aromatic N) is 1. The summed E-state index contributed by atoms with van der Waals surface area (Å²) in [6, 6.07) is 9.83. The highest BCUT2D eigenvalue weighted by Crippen LogP contribution is 2.28. The number of carbonyl (C=O) groups is 3. The fraction of sp³-hybridized carbons (Fsp3) is 0.211. The second-order valence-corrected chi connectivity index (χ2v) is 6.85. The third-order valence-electron chi connectivity index (χ3n) is 4.30. The number of benzene rings is 2. The number of Topliss-reactive ketones (excluding diaryl/α,β-unsaturated/α-hetero) is 1. The summed E-state index contributed by atoms with van der Waals surface area (Å²) in [6.45, 7) is 0.202. The maximum Gasteiger partial charge on any atom is 0.251 e. The van der Waals surface area contributed by atoms with Gasteiger partial charge >= 0.3 is 0 Å². The van der Waals surface area contributed by atoms with Crippen LogP contribution in [0.25, 0.3) is 0 Å². The SMILES string of the molecule is CN1C(=O)Cc2cc(C(=O)CCNC(=O)c3ccc(Cl)c(Cl)c3)ccc21. The molecule has 0 bridgehead atoms. The largest absolute Gasteiger partial charge is 0.352 e. The van der Waals surface area contributed by atoms with Crippen LogP contribution in [0, 0.1) is 0 Å². The molecule has 0 saturated carbocycles.